The molecule has 0 bridgehead atoms. The molecule has 0 atom stereocenters. The first kappa shape index (κ1) is 16.3. The van der Waals surface area contributed by atoms with E-state index in [2.05, 4.69) is 0 Å². The third kappa shape index (κ3) is 4.06. The highest BCUT2D eigenvalue weighted by Crippen LogP contribution is 2.13. The summed E-state index contributed by atoms with van der Waals surface area (Å²) in [7, 11) is 0. The van der Waals surface area contributed by atoms with Crippen LogP contribution < -0.4 is 10.2 Å². The fourth-order valence-electron chi connectivity index (χ4n) is 2.48. The summed E-state index contributed by atoms with van der Waals surface area (Å²) in [6.07, 6.45) is 1.75. The van der Waals surface area contributed by atoms with Crippen molar-refractivity contribution in [3.8, 4) is 5.75 Å². The number of alkyl halides is 1. The fraction of sp³-hybridized carbons (Fsp3) is 0.150. The number of benzene rings is 2. The molecule has 2 aromatic carbocycles. The summed E-state index contributed by atoms with van der Waals surface area (Å²) >= 11 is 6.00. The van der Waals surface area contributed by atoms with E-state index in [4.69, 9.17) is 16.3 Å². The Labute approximate surface area is 146 Å². The van der Waals surface area contributed by atoms with Crippen LogP contribution in [-0.4, -0.2) is 4.57 Å². The maximum atomic E-state index is 12.2. The maximum Gasteiger partial charge on any atom is 0.223 e. The minimum absolute atomic E-state index is 0.147. The smallest absolute Gasteiger partial charge is 0.223 e. The molecule has 0 N–H and O–H groups in total. The molecule has 0 spiro atoms. The van der Waals surface area contributed by atoms with Crippen molar-refractivity contribution in [3.63, 3.8) is 0 Å². The van der Waals surface area contributed by atoms with Gasteiger partial charge in [0.2, 0.25) is 5.43 Å². The molecule has 1 heterocycles. The summed E-state index contributed by atoms with van der Waals surface area (Å²) in [6, 6.07) is 21.4. The summed E-state index contributed by atoms with van der Waals surface area (Å²) in [5.74, 6) is 0.616. The number of aromatic nitrogens is 1. The van der Waals surface area contributed by atoms with Crippen LogP contribution in [0.3, 0.4) is 0 Å². The van der Waals surface area contributed by atoms with E-state index in [1.807, 2.05) is 65.2 Å². The summed E-state index contributed by atoms with van der Waals surface area (Å²) in [4.78, 5) is 12.2. The summed E-state index contributed by atoms with van der Waals surface area (Å²) in [5, 5.41) is 0. The lowest BCUT2D eigenvalue weighted by Gasteiger charge is -2.14. The first-order chi connectivity index (χ1) is 11.8. The Morgan fingerprint density at radius 2 is 1.54 bits per heavy atom. The zero-order valence-electron chi connectivity index (χ0n) is 13.2. The van der Waals surface area contributed by atoms with Crippen molar-refractivity contribution in [2.24, 2.45) is 0 Å². The highest BCUT2D eigenvalue weighted by Gasteiger charge is 2.08. The molecule has 0 aliphatic heterocycles. The third-order valence-corrected chi connectivity index (χ3v) is 4.03. The average Bonchev–Trinajstić information content (AvgIpc) is 2.63. The minimum atomic E-state index is -0.147. The van der Waals surface area contributed by atoms with Crippen molar-refractivity contribution >= 4 is 11.6 Å². The number of ether oxygens (including phenoxy) is 1. The average molecular weight is 340 g/mol. The molecule has 0 saturated carbocycles. The van der Waals surface area contributed by atoms with Gasteiger partial charge in [0.05, 0.1) is 12.1 Å². The van der Waals surface area contributed by atoms with E-state index in [0.29, 0.717) is 18.9 Å². The van der Waals surface area contributed by atoms with Crippen molar-refractivity contribution in [2.75, 3.05) is 0 Å². The van der Waals surface area contributed by atoms with Gasteiger partial charge < -0.3 is 9.30 Å². The van der Waals surface area contributed by atoms with Crippen LogP contribution in [0.15, 0.2) is 77.7 Å². The minimum Gasteiger partial charge on any atom is -0.483 e. The van der Waals surface area contributed by atoms with E-state index in [-0.39, 0.29) is 11.3 Å². The molecule has 0 amide bonds. The zero-order valence-corrected chi connectivity index (χ0v) is 13.9. The first-order valence-corrected chi connectivity index (χ1v) is 8.29. The number of rotatable bonds is 6. The van der Waals surface area contributed by atoms with Gasteiger partial charge in [-0.25, -0.2) is 0 Å². The summed E-state index contributed by atoms with van der Waals surface area (Å²) < 4.78 is 7.69. The number of pyridine rings is 1. The molecule has 1 aromatic heterocycles. The second-order valence-corrected chi connectivity index (χ2v) is 5.78. The van der Waals surface area contributed by atoms with Crippen LogP contribution in [0.5, 0.6) is 5.75 Å². The number of hydrogen-bond acceptors (Lipinski definition) is 2. The predicted molar refractivity (Wildman–Crippen MR) is 96.6 cm³/mol. The van der Waals surface area contributed by atoms with Gasteiger partial charge in [0.25, 0.3) is 0 Å². The molecule has 0 unspecified atom stereocenters. The molecule has 0 aliphatic carbocycles. The van der Waals surface area contributed by atoms with Gasteiger partial charge in [-0.1, -0.05) is 60.7 Å². The number of nitrogens with zero attached hydrogens (tertiary/aromatic N) is 1. The van der Waals surface area contributed by atoms with Crippen LogP contribution in [0.25, 0.3) is 0 Å². The van der Waals surface area contributed by atoms with Gasteiger partial charge in [0.1, 0.15) is 6.61 Å². The highest BCUT2D eigenvalue weighted by atomic mass is 35.5. The molecule has 0 fully saturated rings. The Kier molecular flexibility index (Phi) is 5.34. The summed E-state index contributed by atoms with van der Waals surface area (Å²) in [6.45, 7) is 1.01. The Balaban J connectivity index is 1.84. The van der Waals surface area contributed by atoms with E-state index >= 15 is 0 Å². The lowest BCUT2D eigenvalue weighted by Crippen LogP contribution is -2.15. The Morgan fingerprint density at radius 3 is 2.17 bits per heavy atom. The molecule has 4 heteroatoms. The molecule has 122 valence electrons. The van der Waals surface area contributed by atoms with Crippen LogP contribution in [0.4, 0.5) is 0 Å². The number of hydrogen-bond donors (Lipinski definition) is 0. The summed E-state index contributed by atoms with van der Waals surface area (Å²) in [5.41, 5.74) is 2.79. The largest absolute Gasteiger partial charge is 0.483 e. The van der Waals surface area contributed by atoms with Crippen LogP contribution in [0.2, 0.25) is 0 Å². The van der Waals surface area contributed by atoms with Gasteiger partial charge in [-0.05, 0) is 11.1 Å². The standard InChI is InChI=1S/C20H18ClNO2/c21-12-18-11-19(23)20(24-15-17-9-5-2-6-10-17)14-22(18)13-16-7-3-1-4-8-16/h1-11,14H,12-13,15H2. The van der Waals surface area contributed by atoms with Crippen molar-refractivity contribution in [3.05, 3.63) is 100.0 Å². The van der Waals surface area contributed by atoms with Crippen molar-refractivity contribution in [2.45, 2.75) is 19.0 Å². The molecule has 0 saturated heterocycles. The predicted octanol–water partition coefficient (Wildman–Crippen LogP) is 4.21. The zero-order chi connectivity index (χ0) is 16.8. The van der Waals surface area contributed by atoms with Gasteiger partial charge in [-0.3, -0.25) is 4.79 Å². The molecular weight excluding hydrogens is 322 g/mol. The Morgan fingerprint density at radius 1 is 0.917 bits per heavy atom. The van der Waals surface area contributed by atoms with Gasteiger partial charge >= 0.3 is 0 Å². The molecule has 3 aromatic rings. The fourth-order valence-corrected chi connectivity index (χ4v) is 2.71. The van der Waals surface area contributed by atoms with E-state index in [0.717, 1.165) is 16.8 Å². The van der Waals surface area contributed by atoms with Crippen LogP contribution in [-0.2, 0) is 19.0 Å². The van der Waals surface area contributed by atoms with Gasteiger partial charge in [0, 0.05) is 18.3 Å². The topological polar surface area (TPSA) is 31.2 Å². The molecule has 3 nitrogen and oxygen atoms in total. The molecule has 0 aliphatic rings. The maximum absolute atomic E-state index is 12.2. The number of halogens is 1. The monoisotopic (exact) mass is 339 g/mol. The lowest BCUT2D eigenvalue weighted by atomic mass is 10.2. The van der Waals surface area contributed by atoms with E-state index in [1.165, 1.54) is 0 Å². The van der Waals surface area contributed by atoms with E-state index < -0.39 is 0 Å². The second kappa shape index (κ2) is 7.84. The van der Waals surface area contributed by atoms with E-state index in [1.54, 1.807) is 12.3 Å². The van der Waals surface area contributed by atoms with Crippen molar-refractivity contribution in [1.82, 2.24) is 4.57 Å². The van der Waals surface area contributed by atoms with Crippen LogP contribution in [0.1, 0.15) is 16.8 Å². The normalized spacial score (nSPS) is 10.5. The molecule has 24 heavy (non-hydrogen) atoms. The lowest BCUT2D eigenvalue weighted by molar-refractivity contribution is 0.300. The van der Waals surface area contributed by atoms with Gasteiger partial charge in [0.15, 0.2) is 5.75 Å². The first-order valence-electron chi connectivity index (χ1n) is 7.76. The molecule has 3 rings (SSSR count). The Bertz CT molecular complexity index is 845. The Hall–Kier alpha value is -2.52. The molecule has 0 radical (unpaired) electrons. The van der Waals surface area contributed by atoms with Crippen LogP contribution in [0, 0.1) is 0 Å². The van der Waals surface area contributed by atoms with E-state index in [9.17, 15) is 4.79 Å². The highest BCUT2D eigenvalue weighted by molar-refractivity contribution is 6.16. The van der Waals surface area contributed by atoms with Crippen molar-refractivity contribution < 1.29 is 4.74 Å². The SMILES string of the molecule is O=c1cc(CCl)n(Cc2ccccc2)cc1OCc1ccccc1. The molecular formula is C20H18ClNO2. The van der Waals surface area contributed by atoms with Gasteiger partial charge in [-0.2, -0.15) is 0 Å². The quantitative estimate of drug-likeness (QED) is 0.630. The third-order valence-electron chi connectivity index (χ3n) is 3.75. The van der Waals surface area contributed by atoms with Crippen LogP contribution >= 0.6 is 11.6 Å². The van der Waals surface area contributed by atoms with Crippen molar-refractivity contribution in [1.29, 1.82) is 0 Å². The van der Waals surface area contributed by atoms with Gasteiger partial charge in [-0.15, -0.1) is 11.6 Å². The second-order valence-electron chi connectivity index (χ2n) is 5.51.